The van der Waals surface area contributed by atoms with Crippen LogP contribution in [0, 0.1) is 25.2 Å². The first kappa shape index (κ1) is 18.8. The van der Waals surface area contributed by atoms with Gasteiger partial charge in [0.2, 0.25) is 5.95 Å². The number of carbonyl (C=O) groups is 1. The first-order valence-corrected chi connectivity index (χ1v) is 8.97. The molecule has 1 fully saturated rings. The third-order valence-electron chi connectivity index (χ3n) is 4.59. The molecule has 2 aromatic heterocycles. The molecule has 0 spiro atoms. The maximum Gasteiger partial charge on any atom is 0.259 e. The molecule has 0 radical (unpaired) electrons. The van der Waals surface area contributed by atoms with E-state index in [9.17, 15) is 4.79 Å². The summed E-state index contributed by atoms with van der Waals surface area (Å²) in [5.41, 5.74) is 2.09. The van der Waals surface area contributed by atoms with Crippen LogP contribution in [-0.4, -0.2) is 52.1 Å². The Morgan fingerprint density at radius 3 is 2.44 bits per heavy atom. The highest BCUT2D eigenvalue weighted by Gasteiger charge is 2.33. The van der Waals surface area contributed by atoms with Gasteiger partial charge in [-0.3, -0.25) is 4.79 Å². The van der Waals surface area contributed by atoms with E-state index in [1.165, 1.54) is 0 Å². The van der Waals surface area contributed by atoms with Crippen LogP contribution in [0.2, 0.25) is 0 Å². The minimum Gasteiger partial charge on any atom is -0.361 e. The predicted molar refractivity (Wildman–Crippen MR) is 99.5 cm³/mol. The molecule has 0 atom stereocenters. The van der Waals surface area contributed by atoms with Crippen molar-refractivity contribution in [1.29, 1.82) is 5.26 Å². The molecule has 3 heterocycles. The zero-order valence-electron chi connectivity index (χ0n) is 16.4. The van der Waals surface area contributed by atoms with Crippen molar-refractivity contribution >= 4 is 11.9 Å². The van der Waals surface area contributed by atoms with Gasteiger partial charge in [-0.25, -0.2) is 9.97 Å². The van der Waals surface area contributed by atoms with Crippen molar-refractivity contribution < 1.29 is 9.32 Å². The number of aromatic nitrogens is 3. The normalized spacial score (nSPS) is 15.0. The van der Waals surface area contributed by atoms with Crippen molar-refractivity contribution in [3.63, 3.8) is 0 Å². The standard InChI is InChI=1S/C19H24N6O2/c1-12-10-14(11-20)22-18(21-12)25-8-6-24(7-9-25)17(26)15-13(2)27-23-16(15)19(3,4)5/h10H,6-9H2,1-5H3. The van der Waals surface area contributed by atoms with E-state index in [1.54, 1.807) is 13.0 Å². The van der Waals surface area contributed by atoms with Gasteiger partial charge in [0, 0.05) is 37.3 Å². The van der Waals surface area contributed by atoms with Crippen LogP contribution in [0.5, 0.6) is 0 Å². The van der Waals surface area contributed by atoms with Crippen molar-refractivity contribution in [3.8, 4) is 6.07 Å². The van der Waals surface area contributed by atoms with Crippen molar-refractivity contribution in [2.45, 2.75) is 40.0 Å². The van der Waals surface area contributed by atoms with Crippen LogP contribution in [-0.2, 0) is 5.41 Å². The molecule has 0 aromatic carbocycles. The molecule has 0 aliphatic carbocycles. The number of carbonyl (C=O) groups excluding carboxylic acids is 1. The van der Waals surface area contributed by atoms with E-state index in [0.717, 1.165) is 5.69 Å². The molecule has 1 amide bonds. The van der Waals surface area contributed by atoms with Gasteiger partial charge in [0.15, 0.2) is 0 Å². The molecule has 8 heteroatoms. The smallest absolute Gasteiger partial charge is 0.259 e. The Balaban J connectivity index is 1.75. The topological polar surface area (TPSA) is 99.2 Å². The average molecular weight is 368 g/mol. The van der Waals surface area contributed by atoms with Crippen LogP contribution in [0.1, 0.15) is 54.0 Å². The summed E-state index contributed by atoms with van der Waals surface area (Å²) in [7, 11) is 0. The van der Waals surface area contributed by atoms with Crippen molar-refractivity contribution in [2.75, 3.05) is 31.1 Å². The summed E-state index contributed by atoms with van der Waals surface area (Å²) in [4.78, 5) is 25.6. The molecule has 142 valence electrons. The van der Waals surface area contributed by atoms with Gasteiger partial charge in [-0.2, -0.15) is 5.26 Å². The largest absolute Gasteiger partial charge is 0.361 e. The van der Waals surface area contributed by atoms with E-state index in [1.807, 2.05) is 37.5 Å². The summed E-state index contributed by atoms with van der Waals surface area (Å²) < 4.78 is 5.30. The maximum atomic E-state index is 13.1. The van der Waals surface area contributed by atoms with E-state index in [2.05, 4.69) is 21.2 Å². The van der Waals surface area contributed by atoms with E-state index < -0.39 is 0 Å². The number of hydrogen-bond donors (Lipinski definition) is 0. The molecule has 1 saturated heterocycles. The average Bonchev–Trinajstić information content (AvgIpc) is 3.02. The second-order valence-electron chi connectivity index (χ2n) is 7.80. The molecular weight excluding hydrogens is 344 g/mol. The third kappa shape index (κ3) is 3.77. The Hall–Kier alpha value is -2.95. The quantitative estimate of drug-likeness (QED) is 0.801. The van der Waals surface area contributed by atoms with E-state index >= 15 is 0 Å². The number of aryl methyl sites for hydroxylation is 2. The van der Waals surface area contributed by atoms with Gasteiger partial charge in [0.1, 0.15) is 28.8 Å². The number of nitrogens with zero attached hydrogens (tertiary/aromatic N) is 6. The maximum absolute atomic E-state index is 13.1. The van der Waals surface area contributed by atoms with Crippen LogP contribution in [0.3, 0.4) is 0 Å². The predicted octanol–water partition coefficient (Wildman–Crippen LogP) is 2.21. The SMILES string of the molecule is Cc1cc(C#N)nc(N2CCN(C(=O)c3c(C(C)(C)C)noc3C)CC2)n1. The fourth-order valence-electron chi connectivity index (χ4n) is 3.16. The van der Waals surface area contributed by atoms with Gasteiger partial charge >= 0.3 is 0 Å². The second kappa shape index (κ2) is 6.99. The van der Waals surface area contributed by atoms with Crippen LogP contribution in [0.4, 0.5) is 5.95 Å². The molecule has 3 rings (SSSR count). The number of rotatable bonds is 2. The van der Waals surface area contributed by atoms with Gasteiger partial charge in [-0.05, 0) is 19.9 Å². The molecule has 8 nitrogen and oxygen atoms in total. The lowest BCUT2D eigenvalue weighted by atomic mass is 9.88. The second-order valence-corrected chi connectivity index (χ2v) is 7.80. The van der Waals surface area contributed by atoms with E-state index in [0.29, 0.717) is 54.8 Å². The Bertz CT molecular complexity index is 898. The Morgan fingerprint density at radius 1 is 1.19 bits per heavy atom. The highest BCUT2D eigenvalue weighted by Crippen LogP contribution is 2.28. The van der Waals surface area contributed by atoms with Gasteiger partial charge in [0.05, 0.1) is 0 Å². The minimum atomic E-state index is -0.270. The number of amides is 1. The molecule has 0 unspecified atom stereocenters. The molecule has 0 N–H and O–H groups in total. The van der Waals surface area contributed by atoms with Crippen molar-refractivity contribution in [3.05, 3.63) is 34.5 Å². The first-order chi connectivity index (χ1) is 12.7. The summed E-state index contributed by atoms with van der Waals surface area (Å²) in [5, 5.41) is 13.2. The summed E-state index contributed by atoms with van der Waals surface area (Å²) in [6.07, 6.45) is 0. The van der Waals surface area contributed by atoms with Crippen molar-refractivity contribution in [1.82, 2.24) is 20.0 Å². The fourth-order valence-corrected chi connectivity index (χ4v) is 3.16. The number of anilines is 1. The van der Waals surface area contributed by atoms with Gasteiger partial charge in [-0.15, -0.1) is 0 Å². The van der Waals surface area contributed by atoms with Gasteiger partial charge in [0.25, 0.3) is 5.91 Å². The third-order valence-corrected chi connectivity index (χ3v) is 4.59. The monoisotopic (exact) mass is 368 g/mol. The minimum absolute atomic E-state index is 0.0544. The Kier molecular flexibility index (Phi) is 4.87. The zero-order valence-corrected chi connectivity index (χ0v) is 16.4. The summed E-state index contributed by atoms with van der Waals surface area (Å²) in [5.74, 6) is 1.03. The Morgan fingerprint density at radius 2 is 1.85 bits per heavy atom. The number of hydrogen-bond acceptors (Lipinski definition) is 7. The fraction of sp³-hybridized carbons (Fsp3) is 0.526. The first-order valence-electron chi connectivity index (χ1n) is 8.97. The van der Waals surface area contributed by atoms with Crippen molar-refractivity contribution in [2.24, 2.45) is 0 Å². The van der Waals surface area contributed by atoms with Crippen LogP contribution in [0.25, 0.3) is 0 Å². The number of piperazine rings is 1. The van der Waals surface area contributed by atoms with Gasteiger partial charge in [-0.1, -0.05) is 25.9 Å². The molecule has 0 bridgehead atoms. The highest BCUT2D eigenvalue weighted by molar-refractivity contribution is 5.96. The van der Waals surface area contributed by atoms with Gasteiger partial charge < -0.3 is 14.3 Å². The molecular formula is C19H24N6O2. The summed E-state index contributed by atoms with van der Waals surface area (Å²) in [6, 6.07) is 3.72. The molecule has 1 aliphatic rings. The molecule has 2 aromatic rings. The highest BCUT2D eigenvalue weighted by atomic mass is 16.5. The lowest BCUT2D eigenvalue weighted by Crippen LogP contribution is -2.49. The lowest BCUT2D eigenvalue weighted by Gasteiger charge is -2.35. The van der Waals surface area contributed by atoms with Crippen LogP contribution < -0.4 is 4.90 Å². The molecule has 27 heavy (non-hydrogen) atoms. The zero-order chi connectivity index (χ0) is 19.8. The van der Waals surface area contributed by atoms with Crippen LogP contribution in [0.15, 0.2) is 10.6 Å². The molecule has 0 saturated carbocycles. The molecule has 1 aliphatic heterocycles. The van der Waals surface area contributed by atoms with E-state index in [-0.39, 0.29) is 11.3 Å². The lowest BCUT2D eigenvalue weighted by molar-refractivity contribution is 0.0742. The summed E-state index contributed by atoms with van der Waals surface area (Å²) in [6.45, 7) is 12.0. The van der Waals surface area contributed by atoms with Crippen LogP contribution >= 0.6 is 0 Å². The summed E-state index contributed by atoms with van der Waals surface area (Å²) >= 11 is 0. The van der Waals surface area contributed by atoms with E-state index in [4.69, 9.17) is 9.78 Å². The number of nitriles is 1. The Labute approximate surface area is 158 Å².